The van der Waals surface area contributed by atoms with Crippen LogP contribution in [-0.2, 0) is 4.74 Å². The van der Waals surface area contributed by atoms with Crippen LogP contribution in [0.1, 0.15) is 19.3 Å². The van der Waals surface area contributed by atoms with E-state index in [1.54, 1.807) is 14.2 Å². The first-order chi connectivity index (χ1) is 9.33. The van der Waals surface area contributed by atoms with Gasteiger partial charge in [-0.3, -0.25) is 0 Å². The molecule has 0 spiro atoms. The molecule has 1 aromatic rings. The normalized spacial score (nSPS) is 22.4. The number of para-hydroxylation sites is 2. The highest BCUT2D eigenvalue weighted by Gasteiger charge is 2.23. The average Bonchev–Trinajstić information content (AvgIpc) is 2.92. The molecule has 0 saturated heterocycles. The second-order valence-corrected chi connectivity index (χ2v) is 4.82. The lowest BCUT2D eigenvalue weighted by Crippen LogP contribution is -2.31. The highest BCUT2D eigenvalue weighted by atomic mass is 16.5. The highest BCUT2D eigenvalue weighted by Crippen LogP contribution is 2.25. The van der Waals surface area contributed by atoms with Crippen LogP contribution in [0.25, 0.3) is 0 Å². The molecule has 1 aliphatic rings. The molecule has 0 radical (unpaired) electrons. The molecular formula is C15H23NO3. The summed E-state index contributed by atoms with van der Waals surface area (Å²) in [5, 5.41) is 3.51. The first kappa shape index (κ1) is 14.2. The fourth-order valence-corrected chi connectivity index (χ4v) is 2.50. The maximum atomic E-state index is 5.72. The van der Waals surface area contributed by atoms with Gasteiger partial charge in [0, 0.05) is 19.7 Å². The second kappa shape index (κ2) is 7.36. The Hall–Kier alpha value is -1.26. The first-order valence-corrected chi connectivity index (χ1v) is 6.85. The second-order valence-electron chi connectivity index (χ2n) is 4.82. The van der Waals surface area contributed by atoms with Gasteiger partial charge in [-0.05, 0) is 31.4 Å². The Morgan fingerprint density at radius 1 is 1.16 bits per heavy atom. The van der Waals surface area contributed by atoms with Gasteiger partial charge >= 0.3 is 0 Å². The van der Waals surface area contributed by atoms with Crippen molar-refractivity contribution in [1.82, 2.24) is 5.32 Å². The van der Waals surface area contributed by atoms with Gasteiger partial charge in [0.2, 0.25) is 0 Å². The van der Waals surface area contributed by atoms with Crippen LogP contribution in [0.15, 0.2) is 24.3 Å². The van der Waals surface area contributed by atoms with Crippen molar-refractivity contribution in [3.05, 3.63) is 24.3 Å². The standard InChI is InChI=1S/C15H23NO3/c1-17-13-8-7-12(11-13)16-9-10-19-15-6-4-3-5-14(15)18-2/h3-6,12-13,16H,7-11H2,1-2H3. The number of methoxy groups -OCH3 is 2. The molecule has 4 heteroatoms. The van der Waals surface area contributed by atoms with Crippen molar-refractivity contribution < 1.29 is 14.2 Å². The average molecular weight is 265 g/mol. The minimum Gasteiger partial charge on any atom is -0.493 e. The van der Waals surface area contributed by atoms with Crippen molar-refractivity contribution in [2.24, 2.45) is 0 Å². The van der Waals surface area contributed by atoms with E-state index < -0.39 is 0 Å². The van der Waals surface area contributed by atoms with E-state index in [1.807, 2.05) is 24.3 Å². The molecule has 1 saturated carbocycles. The number of benzene rings is 1. The summed E-state index contributed by atoms with van der Waals surface area (Å²) in [4.78, 5) is 0. The van der Waals surface area contributed by atoms with Gasteiger partial charge in [0.1, 0.15) is 6.61 Å². The SMILES string of the molecule is COc1ccccc1OCCNC1CCC(OC)C1. The first-order valence-electron chi connectivity index (χ1n) is 6.85. The van der Waals surface area contributed by atoms with E-state index in [0.717, 1.165) is 30.9 Å². The number of rotatable bonds is 7. The van der Waals surface area contributed by atoms with Gasteiger partial charge in [0.05, 0.1) is 13.2 Å². The summed E-state index contributed by atoms with van der Waals surface area (Å²) in [6.07, 6.45) is 3.87. The summed E-state index contributed by atoms with van der Waals surface area (Å²) in [6.45, 7) is 1.49. The van der Waals surface area contributed by atoms with Crippen molar-refractivity contribution in [3.63, 3.8) is 0 Å². The fourth-order valence-electron chi connectivity index (χ4n) is 2.50. The van der Waals surface area contributed by atoms with Crippen LogP contribution in [0.2, 0.25) is 0 Å². The lowest BCUT2D eigenvalue weighted by atomic mass is 10.2. The molecule has 0 amide bonds. The van der Waals surface area contributed by atoms with Gasteiger partial charge < -0.3 is 19.5 Å². The zero-order valence-corrected chi connectivity index (χ0v) is 11.7. The highest BCUT2D eigenvalue weighted by molar-refractivity contribution is 5.39. The monoisotopic (exact) mass is 265 g/mol. The smallest absolute Gasteiger partial charge is 0.161 e. The van der Waals surface area contributed by atoms with E-state index in [2.05, 4.69) is 5.32 Å². The van der Waals surface area contributed by atoms with Crippen molar-refractivity contribution in [2.45, 2.75) is 31.4 Å². The summed E-state index contributed by atoms with van der Waals surface area (Å²) in [6, 6.07) is 8.28. The van der Waals surface area contributed by atoms with E-state index in [0.29, 0.717) is 18.8 Å². The van der Waals surface area contributed by atoms with E-state index in [1.165, 1.54) is 6.42 Å². The lowest BCUT2D eigenvalue weighted by molar-refractivity contribution is 0.107. The van der Waals surface area contributed by atoms with Gasteiger partial charge in [0.15, 0.2) is 11.5 Å². The molecule has 1 fully saturated rings. The Morgan fingerprint density at radius 3 is 2.63 bits per heavy atom. The molecule has 4 nitrogen and oxygen atoms in total. The third-order valence-electron chi connectivity index (χ3n) is 3.58. The van der Waals surface area contributed by atoms with Crippen LogP contribution in [-0.4, -0.2) is 39.5 Å². The van der Waals surface area contributed by atoms with E-state index >= 15 is 0 Å². The van der Waals surface area contributed by atoms with Gasteiger partial charge in [-0.15, -0.1) is 0 Å². The summed E-state index contributed by atoms with van der Waals surface area (Å²) in [5.74, 6) is 1.58. The number of hydrogen-bond donors (Lipinski definition) is 1. The van der Waals surface area contributed by atoms with Crippen LogP contribution in [0, 0.1) is 0 Å². The van der Waals surface area contributed by atoms with Crippen molar-refractivity contribution in [3.8, 4) is 11.5 Å². The zero-order chi connectivity index (χ0) is 13.5. The maximum Gasteiger partial charge on any atom is 0.161 e. The van der Waals surface area contributed by atoms with Crippen molar-refractivity contribution in [1.29, 1.82) is 0 Å². The Kier molecular flexibility index (Phi) is 5.48. The molecule has 0 bridgehead atoms. The number of nitrogens with one attached hydrogen (secondary N) is 1. The van der Waals surface area contributed by atoms with Gasteiger partial charge in [-0.1, -0.05) is 12.1 Å². The summed E-state index contributed by atoms with van der Waals surface area (Å²) in [5.41, 5.74) is 0. The Bertz CT molecular complexity index is 383. The van der Waals surface area contributed by atoms with E-state index in [4.69, 9.17) is 14.2 Å². The maximum absolute atomic E-state index is 5.72. The summed E-state index contributed by atoms with van der Waals surface area (Å²) < 4.78 is 16.3. The Labute approximate surface area is 115 Å². The molecule has 0 heterocycles. The van der Waals surface area contributed by atoms with Crippen molar-refractivity contribution >= 4 is 0 Å². The summed E-state index contributed by atoms with van der Waals surface area (Å²) in [7, 11) is 3.45. The molecule has 19 heavy (non-hydrogen) atoms. The molecule has 2 atom stereocenters. The molecule has 0 aromatic heterocycles. The van der Waals surface area contributed by atoms with Crippen LogP contribution in [0.4, 0.5) is 0 Å². The Balaban J connectivity index is 1.67. The predicted molar refractivity (Wildman–Crippen MR) is 74.9 cm³/mol. The zero-order valence-electron chi connectivity index (χ0n) is 11.7. The largest absolute Gasteiger partial charge is 0.493 e. The van der Waals surface area contributed by atoms with Crippen LogP contribution in [0.5, 0.6) is 11.5 Å². The van der Waals surface area contributed by atoms with E-state index in [9.17, 15) is 0 Å². The number of hydrogen-bond acceptors (Lipinski definition) is 4. The molecule has 106 valence electrons. The molecule has 1 aliphatic carbocycles. The van der Waals surface area contributed by atoms with Gasteiger partial charge in [-0.25, -0.2) is 0 Å². The van der Waals surface area contributed by atoms with Gasteiger partial charge in [0.25, 0.3) is 0 Å². The van der Waals surface area contributed by atoms with Crippen molar-refractivity contribution in [2.75, 3.05) is 27.4 Å². The minimum absolute atomic E-state index is 0.424. The predicted octanol–water partition coefficient (Wildman–Crippen LogP) is 2.23. The summed E-state index contributed by atoms with van der Waals surface area (Å²) >= 11 is 0. The Morgan fingerprint density at radius 2 is 1.95 bits per heavy atom. The lowest BCUT2D eigenvalue weighted by Gasteiger charge is -2.14. The van der Waals surface area contributed by atoms with Crippen LogP contribution >= 0.6 is 0 Å². The van der Waals surface area contributed by atoms with E-state index in [-0.39, 0.29) is 0 Å². The molecule has 2 rings (SSSR count). The quantitative estimate of drug-likeness (QED) is 0.767. The molecule has 0 aliphatic heterocycles. The topological polar surface area (TPSA) is 39.7 Å². The molecule has 2 unspecified atom stereocenters. The van der Waals surface area contributed by atoms with Crippen LogP contribution in [0.3, 0.4) is 0 Å². The molecule has 1 aromatic carbocycles. The minimum atomic E-state index is 0.424. The third-order valence-corrected chi connectivity index (χ3v) is 3.58. The molecule has 1 N–H and O–H groups in total. The number of ether oxygens (including phenoxy) is 3. The fraction of sp³-hybridized carbons (Fsp3) is 0.600. The third kappa shape index (κ3) is 4.11. The van der Waals surface area contributed by atoms with Gasteiger partial charge in [-0.2, -0.15) is 0 Å². The van der Waals surface area contributed by atoms with Crippen LogP contribution < -0.4 is 14.8 Å². The molecular weight excluding hydrogens is 242 g/mol.